The van der Waals surface area contributed by atoms with E-state index in [1.807, 2.05) is 6.92 Å². The van der Waals surface area contributed by atoms with Gasteiger partial charge in [0.1, 0.15) is 18.1 Å². The molecule has 4 rings (SSSR count). The molecule has 10 nitrogen and oxygen atoms in total. The van der Waals surface area contributed by atoms with Crippen LogP contribution in [0.25, 0.3) is 0 Å². The number of benzene rings is 1. The van der Waals surface area contributed by atoms with Crippen molar-refractivity contribution in [3.63, 3.8) is 0 Å². The highest BCUT2D eigenvalue weighted by molar-refractivity contribution is 7.89. The minimum atomic E-state index is -3.67. The minimum absolute atomic E-state index is 0.106. The van der Waals surface area contributed by atoms with Crippen LogP contribution in [0.15, 0.2) is 27.9 Å². The van der Waals surface area contributed by atoms with Crippen LogP contribution < -0.4 is 15.7 Å². The Labute approximate surface area is 193 Å². The topological polar surface area (TPSA) is 116 Å². The first-order chi connectivity index (χ1) is 15.9. The van der Waals surface area contributed by atoms with Crippen LogP contribution in [0.4, 0.5) is 5.69 Å². The maximum absolute atomic E-state index is 13.1. The van der Waals surface area contributed by atoms with Gasteiger partial charge in [-0.25, -0.2) is 17.9 Å². The fourth-order valence-electron chi connectivity index (χ4n) is 4.36. The molecular formula is C22H31N5O5S. The second kappa shape index (κ2) is 10.1. The Hall–Kier alpha value is -2.66. The van der Waals surface area contributed by atoms with E-state index >= 15 is 0 Å². The second-order valence-corrected chi connectivity index (χ2v) is 10.4. The molecule has 0 saturated carbocycles. The quantitative estimate of drug-likeness (QED) is 0.652. The number of ether oxygens (including phenoxy) is 1. The van der Waals surface area contributed by atoms with Gasteiger partial charge in [0.2, 0.25) is 15.9 Å². The molecule has 0 bridgehead atoms. The van der Waals surface area contributed by atoms with Crippen LogP contribution in [0.2, 0.25) is 0 Å². The Morgan fingerprint density at radius 2 is 1.82 bits per heavy atom. The Bertz CT molecular complexity index is 1160. The molecule has 1 aromatic heterocycles. The normalized spacial score (nSPS) is 17.2. The number of hydrogen-bond donors (Lipinski definition) is 1. The largest absolute Gasteiger partial charge is 0.492 e. The number of nitrogens with zero attached hydrogens (tertiary/aromatic N) is 4. The number of rotatable bonds is 7. The molecule has 1 amide bonds. The zero-order chi connectivity index (χ0) is 23.4. The summed E-state index contributed by atoms with van der Waals surface area (Å²) in [5.74, 6) is 0.602. The number of hydrogen-bond acceptors (Lipinski definition) is 6. The average Bonchev–Trinajstić information content (AvgIpc) is 2.96. The van der Waals surface area contributed by atoms with Crippen molar-refractivity contribution in [3.8, 4) is 5.75 Å². The number of fused-ring (bicyclic) bond motifs is 1. The van der Waals surface area contributed by atoms with Crippen molar-refractivity contribution >= 4 is 21.6 Å². The van der Waals surface area contributed by atoms with Crippen molar-refractivity contribution in [3.05, 3.63) is 34.5 Å². The predicted octanol–water partition coefficient (Wildman–Crippen LogP) is 1.98. The van der Waals surface area contributed by atoms with E-state index in [1.54, 1.807) is 10.6 Å². The molecule has 180 valence electrons. The standard InChI is InChI=1S/C22H31N5O5S/c1-2-32-19-11-10-17(33(30,31)25-12-6-4-7-13-25)15-18(19)23-21(28)16-27-22(29)26-14-8-3-5-9-20(26)24-27/h10-11,15H,2-9,12-14,16H2,1H3,(H,23,28). The molecule has 1 aromatic carbocycles. The van der Waals surface area contributed by atoms with Crippen LogP contribution in [0.5, 0.6) is 5.75 Å². The molecule has 3 heterocycles. The van der Waals surface area contributed by atoms with E-state index in [2.05, 4.69) is 10.4 Å². The van der Waals surface area contributed by atoms with E-state index < -0.39 is 15.9 Å². The van der Waals surface area contributed by atoms with Gasteiger partial charge in [0, 0.05) is 26.1 Å². The van der Waals surface area contributed by atoms with Gasteiger partial charge in [-0.15, -0.1) is 0 Å². The van der Waals surface area contributed by atoms with E-state index in [9.17, 15) is 18.0 Å². The lowest BCUT2D eigenvalue weighted by molar-refractivity contribution is -0.117. The second-order valence-electron chi connectivity index (χ2n) is 8.42. The van der Waals surface area contributed by atoms with Crippen LogP contribution in [-0.4, -0.2) is 52.7 Å². The van der Waals surface area contributed by atoms with Crippen LogP contribution in [0.3, 0.4) is 0 Å². The lowest BCUT2D eigenvalue weighted by Gasteiger charge is -2.26. The highest BCUT2D eigenvalue weighted by Crippen LogP contribution is 2.30. The summed E-state index contributed by atoms with van der Waals surface area (Å²) in [4.78, 5) is 25.6. The van der Waals surface area contributed by atoms with Crippen molar-refractivity contribution < 1.29 is 17.9 Å². The van der Waals surface area contributed by atoms with Crippen molar-refractivity contribution in [1.82, 2.24) is 18.7 Å². The lowest BCUT2D eigenvalue weighted by Crippen LogP contribution is -2.35. The smallest absolute Gasteiger partial charge is 0.346 e. The maximum Gasteiger partial charge on any atom is 0.346 e. The zero-order valence-electron chi connectivity index (χ0n) is 19.0. The minimum Gasteiger partial charge on any atom is -0.492 e. The molecule has 0 aliphatic carbocycles. The van der Waals surface area contributed by atoms with Gasteiger partial charge >= 0.3 is 5.69 Å². The van der Waals surface area contributed by atoms with Crippen molar-refractivity contribution in [2.24, 2.45) is 0 Å². The molecule has 1 N–H and O–H groups in total. The Balaban J connectivity index is 1.55. The molecule has 0 atom stereocenters. The van der Waals surface area contributed by atoms with Crippen molar-refractivity contribution in [1.29, 1.82) is 0 Å². The molecule has 33 heavy (non-hydrogen) atoms. The first kappa shape index (κ1) is 23.5. The van der Waals surface area contributed by atoms with Crippen LogP contribution >= 0.6 is 0 Å². The molecule has 1 fully saturated rings. The van der Waals surface area contributed by atoms with Gasteiger partial charge in [-0.1, -0.05) is 12.8 Å². The zero-order valence-corrected chi connectivity index (χ0v) is 19.8. The monoisotopic (exact) mass is 477 g/mol. The first-order valence-corrected chi connectivity index (χ1v) is 13.1. The predicted molar refractivity (Wildman–Crippen MR) is 123 cm³/mol. The third-order valence-corrected chi connectivity index (χ3v) is 7.95. The molecule has 2 aliphatic rings. The number of anilines is 1. The number of piperidine rings is 1. The van der Waals surface area contributed by atoms with Gasteiger partial charge < -0.3 is 10.1 Å². The molecule has 0 spiro atoms. The van der Waals surface area contributed by atoms with Gasteiger partial charge in [0.15, 0.2) is 0 Å². The number of carbonyl (C=O) groups excluding carboxylic acids is 1. The van der Waals surface area contributed by atoms with Gasteiger partial charge in [-0.05, 0) is 50.8 Å². The van der Waals surface area contributed by atoms with Crippen LogP contribution in [-0.2, 0) is 34.3 Å². The van der Waals surface area contributed by atoms with Gasteiger partial charge in [0.05, 0.1) is 17.2 Å². The van der Waals surface area contributed by atoms with Gasteiger partial charge in [-0.3, -0.25) is 9.36 Å². The van der Waals surface area contributed by atoms with E-state index in [1.165, 1.54) is 21.1 Å². The number of carbonyl (C=O) groups is 1. The highest BCUT2D eigenvalue weighted by atomic mass is 32.2. The summed E-state index contributed by atoms with van der Waals surface area (Å²) >= 11 is 0. The third-order valence-electron chi connectivity index (χ3n) is 6.05. The lowest BCUT2D eigenvalue weighted by atomic mass is 10.2. The Morgan fingerprint density at radius 3 is 2.58 bits per heavy atom. The number of aryl methyl sites for hydroxylation is 1. The van der Waals surface area contributed by atoms with Gasteiger partial charge in [0.25, 0.3) is 0 Å². The number of sulfonamides is 1. The average molecular weight is 478 g/mol. The summed E-state index contributed by atoms with van der Waals surface area (Å²) in [7, 11) is -3.67. The van der Waals surface area contributed by atoms with Crippen molar-refractivity contribution in [2.45, 2.75) is 69.9 Å². The summed E-state index contributed by atoms with van der Waals surface area (Å²) in [5.41, 5.74) is -0.0396. The molecular weight excluding hydrogens is 446 g/mol. The fraction of sp³-hybridized carbons (Fsp3) is 0.591. The maximum atomic E-state index is 13.1. The molecule has 1 saturated heterocycles. The third kappa shape index (κ3) is 5.14. The summed E-state index contributed by atoms with van der Waals surface area (Å²) in [5, 5.41) is 7.06. The molecule has 0 radical (unpaired) electrons. The van der Waals surface area contributed by atoms with Crippen LogP contribution in [0.1, 0.15) is 51.3 Å². The first-order valence-electron chi connectivity index (χ1n) is 11.6. The van der Waals surface area contributed by atoms with E-state index in [-0.39, 0.29) is 22.8 Å². The molecule has 2 aliphatic heterocycles. The van der Waals surface area contributed by atoms with Crippen LogP contribution in [0, 0.1) is 0 Å². The van der Waals surface area contributed by atoms with Crippen molar-refractivity contribution in [2.75, 3.05) is 25.0 Å². The number of aromatic nitrogens is 3. The van der Waals surface area contributed by atoms with E-state index in [0.29, 0.717) is 37.8 Å². The molecule has 11 heteroatoms. The summed E-state index contributed by atoms with van der Waals surface area (Å²) < 4.78 is 36.1. The summed E-state index contributed by atoms with van der Waals surface area (Å²) in [6, 6.07) is 4.49. The molecule has 2 aromatic rings. The van der Waals surface area contributed by atoms with Gasteiger partial charge in [-0.2, -0.15) is 9.40 Å². The molecule has 0 unspecified atom stereocenters. The highest BCUT2D eigenvalue weighted by Gasteiger charge is 2.27. The Morgan fingerprint density at radius 1 is 1.09 bits per heavy atom. The number of amides is 1. The number of nitrogens with one attached hydrogen (secondary N) is 1. The summed E-state index contributed by atoms with van der Waals surface area (Å²) in [6.07, 6.45) is 6.36. The fourth-order valence-corrected chi connectivity index (χ4v) is 5.90. The Kier molecular flexibility index (Phi) is 7.18. The summed E-state index contributed by atoms with van der Waals surface area (Å²) in [6.45, 7) is 3.50. The SMILES string of the molecule is CCOc1ccc(S(=O)(=O)N2CCCCC2)cc1NC(=O)Cn1nc2n(c1=O)CCCCC2. The van der Waals surface area contributed by atoms with E-state index in [4.69, 9.17) is 4.74 Å². The van der Waals surface area contributed by atoms with E-state index in [0.717, 1.165) is 44.9 Å².